The average molecular weight is 138 g/mol. The standard InChI is InChI=1S/C8H14N2/c1-6(2)10-8(9-3)7-4-5-7/h6-8,10H,4-5H2,1-2H3. The van der Waals surface area contributed by atoms with Crippen LogP contribution in [0.5, 0.6) is 0 Å². The number of rotatable bonds is 3. The van der Waals surface area contributed by atoms with Crippen LogP contribution in [0.1, 0.15) is 26.7 Å². The average Bonchev–Trinajstić information content (AvgIpc) is 2.63. The van der Waals surface area contributed by atoms with Crippen LogP contribution in [0.4, 0.5) is 0 Å². The van der Waals surface area contributed by atoms with E-state index < -0.39 is 0 Å². The normalized spacial score (nSPS) is 20.6. The van der Waals surface area contributed by atoms with E-state index >= 15 is 0 Å². The Labute approximate surface area is 62.4 Å². The van der Waals surface area contributed by atoms with Crippen LogP contribution in [0.2, 0.25) is 0 Å². The van der Waals surface area contributed by atoms with E-state index in [9.17, 15) is 0 Å². The van der Waals surface area contributed by atoms with Gasteiger partial charge in [-0.1, -0.05) is 0 Å². The zero-order valence-electron chi connectivity index (χ0n) is 6.59. The molecule has 1 saturated carbocycles. The van der Waals surface area contributed by atoms with E-state index in [2.05, 4.69) is 24.0 Å². The van der Waals surface area contributed by atoms with E-state index in [-0.39, 0.29) is 6.17 Å². The van der Waals surface area contributed by atoms with E-state index in [1.165, 1.54) is 12.8 Å². The highest BCUT2D eigenvalue weighted by Crippen LogP contribution is 2.33. The Morgan fingerprint density at radius 3 is 2.40 bits per heavy atom. The minimum atomic E-state index is 0.0972. The maximum Gasteiger partial charge on any atom is 0.280 e. The Bertz CT molecular complexity index is 142. The number of nitrogens with zero attached hydrogens (tertiary/aromatic N) is 1. The van der Waals surface area contributed by atoms with Crippen molar-refractivity contribution in [2.75, 3.05) is 0 Å². The number of nitrogens with one attached hydrogen (secondary N) is 1. The molecule has 0 bridgehead atoms. The summed E-state index contributed by atoms with van der Waals surface area (Å²) in [6, 6.07) is 0.444. The summed E-state index contributed by atoms with van der Waals surface area (Å²) >= 11 is 0. The van der Waals surface area contributed by atoms with Crippen LogP contribution in [-0.4, -0.2) is 12.2 Å². The maximum atomic E-state index is 6.89. The van der Waals surface area contributed by atoms with Crippen molar-refractivity contribution in [3.63, 3.8) is 0 Å². The Kier molecular flexibility index (Phi) is 2.29. The van der Waals surface area contributed by atoms with Gasteiger partial charge >= 0.3 is 0 Å². The molecule has 0 heterocycles. The fourth-order valence-corrected chi connectivity index (χ4v) is 1.03. The summed E-state index contributed by atoms with van der Waals surface area (Å²) < 4.78 is 0. The summed E-state index contributed by atoms with van der Waals surface area (Å²) in [5, 5.41) is 3.24. The van der Waals surface area contributed by atoms with Gasteiger partial charge in [-0.2, -0.15) is 0 Å². The molecule has 1 unspecified atom stereocenters. The Hall–Kier alpha value is -0.550. The van der Waals surface area contributed by atoms with Gasteiger partial charge in [-0.3, -0.25) is 4.85 Å². The molecule has 2 heteroatoms. The summed E-state index contributed by atoms with van der Waals surface area (Å²) in [4.78, 5) is 3.53. The molecule has 1 N–H and O–H groups in total. The van der Waals surface area contributed by atoms with Gasteiger partial charge in [-0.15, -0.1) is 0 Å². The van der Waals surface area contributed by atoms with Crippen molar-refractivity contribution in [3.8, 4) is 0 Å². The van der Waals surface area contributed by atoms with Crippen LogP contribution in [0, 0.1) is 12.5 Å². The minimum Gasteiger partial charge on any atom is -0.296 e. The first-order chi connectivity index (χ1) is 4.74. The minimum absolute atomic E-state index is 0.0972. The van der Waals surface area contributed by atoms with Gasteiger partial charge in [0.25, 0.3) is 6.17 Å². The lowest BCUT2D eigenvalue weighted by molar-refractivity contribution is 0.482. The molecule has 0 saturated heterocycles. The first kappa shape index (κ1) is 7.56. The molecule has 0 aromatic rings. The van der Waals surface area contributed by atoms with Crippen LogP contribution in [0.25, 0.3) is 4.85 Å². The highest BCUT2D eigenvalue weighted by molar-refractivity contribution is 4.92. The Morgan fingerprint density at radius 1 is 1.50 bits per heavy atom. The largest absolute Gasteiger partial charge is 0.296 e. The molecule has 1 aliphatic carbocycles. The molecule has 56 valence electrons. The Balaban J connectivity index is 2.28. The van der Waals surface area contributed by atoms with Crippen molar-refractivity contribution in [2.45, 2.75) is 38.9 Å². The van der Waals surface area contributed by atoms with Crippen molar-refractivity contribution in [2.24, 2.45) is 5.92 Å². The zero-order valence-corrected chi connectivity index (χ0v) is 6.59. The van der Waals surface area contributed by atoms with E-state index in [1.54, 1.807) is 0 Å². The second-order valence-electron chi connectivity index (χ2n) is 3.23. The molecule has 1 atom stereocenters. The Morgan fingerprint density at radius 2 is 2.10 bits per heavy atom. The van der Waals surface area contributed by atoms with E-state index in [1.807, 2.05) is 0 Å². The monoisotopic (exact) mass is 138 g/mol. The van der Waals surface area contributed by atoms with Gasteiger partial charge in [-0.05, 0) is 26.7 Å². The summed E-state index contributed by atoms with van der Waals surface area (Å²) in [6.45, 7) is 11.1. The van der Waals surface area contributed by atoms with Crippen LogP contribution in [0.15, 0.2) is 0 Å². The maximum absolute atomic E-state index is 6.89. The summed E-state index contributed by atoms with van der Waals surface area (Å²) in [5.41, 5.74) is 0. The second kappa shape index (κ2) is 3.03. The third kappa shape index (κ3) is 2.00. The van der Waals surface area contributed by atoms with Gasteiger partial charge in [0, 0.05) is 12.0 Å². The predicted molar refractivity (Wildman–Crippen MR) is 41.4 cm³/mol. The number of hydrogen-bond acceptors (Lipinski definition) is 1. The quantitative estimate of drug-likeness (QED) is 0.586. The van der Waals surface area contributed by atoms with Crippen molar-refractivity contribution in [3.05, 3.63) is 11.4 Å². The van der Waals surface area contributed by atoms with Gasteiger partial charge in [0.1, 0.15) is 0 Å². The van der Waals surface area contributed by atoms with Crippen LogP contribution in [0.3, 0.4) is 0 Å². The molecular formula is C8H14N2. The third-order valence-electron chi connectivity index (χ3n) is 1.71. The number of hydrogen-bond donors (Lipinski definition) is 1. The van der Waals surface area contributed by atoms with Gasteiger partial charge in [-0.25, -0.2) is 11.9 Å². The summed E-state index contributed by atoms with van der Waals surface area (Å²) in [6.07, 6.45) is 2.58. The molecule has 1 aliphatic rings. The third-order valence-corrected chi connectivity index (χ3v) is 1.71. The molecule has 0 amide bonds. The topological polar surface area (TPSA) is 16.4 Å². The molecular weight excluding hydrogens is 124 g/mol. The first-order valence-electron chi connectivity index (χ1n) is 3.86. The van der Waals surface area contributed by atoms with Gasteiger partial charge in [0.2, 0.25) is 0 Å². The van der Waals surface area contributed by atoms with Gasteiger partial charge < -0.3 is 0 Å². The van der Waals surface area contributed by atoms with Crippen LogP contribution < -0.4 is 5.32 Å². The molecule has 0 spiro atoms. The summed E-state index contributed by atoms with van der Waals surface area (Å²) in [7, 11) is 0. The van der Waals surface area contributed by atoms with Crippen molar-refractivity contribution >= 4 is 0 Å². The first-order valence-corrected chi connectivity index (χ1v) is 3.86. The summed E-state index contributed by atoms with van der Waals surface area (Å²) in [5.74, 6) is 0.653. The molecule has 0 aromatic heterocycles. The van der Waals surface area contributed by atoms with E-state index in [4.69, 9.17) is 6.57 Å². The molecule has 0 aliphatic heterocycles. The highest BCUT2D eigenvalue weighted by Gasteiger charge is 2.35. The lowest BCUT2D eigenvalue weighted by Crippen LogP contribution is -2.33. The molecule has 10 heavy (non-hydrogen) atoms. The predicted octanol–water partition coefficient (Wildman–Crippen LogP) is 1.64. The molecule has 0 aromatic carbocycles. The van der Waals surface area contributed by atoms with Crippen LogP contribution >= 0.6 is 0 Å². The SMILES string of the molecule is [C-]#[N+]C(NC(C)C)C1CC1. The molecule has 0 radical (unpaired) electrons. The zero-order chi connectivity index (χ0) is 7.56. The van der Waals surface area contributed by atoms with Crippen LogP contribution in [-0.2, 0) is 0 Å². The van der Waals surface area contributed by atoms with Crippen molar-refractivity contribution < 1.29 is 0 Å². The van der Waals surface area contributed by atoms with Gasteiger partial charge in [0.15, 0.2) is 0 Å². The van der Waals surface area contributed by atoms with Crippen molar-refractivity contribution in [1.82, 2.24) is 5.32 Å². The van der Waals surface area contributed by atoms with Gasteiger partial charge in [0.05, 0.1) is 0 Å². The van der Waals surface area contributed by atoms with E-state index in [0.29, 0.717) is 12.0 Å². The highest BCUT2D eigenvalue weighted by atomic mass is 15.1. The van der Waals surface area contributed by atoms with Crippen molar-refractivity contribution in [1.29, 1.82) is 0 Å². The smallest absolute Gasteiger partial charge is 0.280 e. The molecule has 1 fully saturated rings. The van der Waals surface area contributed by atoms with E-state index in [0.717, 1.165) is 0 Å². The molecule has 2 nitrogen and oxygen atoms in total. The fourth-order valence-electron chi connectivity index (χ4n) is 1.03. The lowest BCUT2D eigenvalue weighted by atomic mass is 10.3. The molecule has 1 rings (SSSR count). The fraction of sp³-hybridized carbons (Fsp3) is 0.875. The lowest BCUT2D eigenvalue weighted by Gasteiger charge is -2.08. The second-order valence-corrected chi connectivity index (χ2v) is 3.23.